The molecule has 1 saturated carbocycles. The number of nitrogens with two attached hydrogens (primary N) is 1. The van der Waals surface area contributed by atoms with Gasteiger partial charge in [-0.25, -0.2) is 4.79 Å². The summed E-state index contributed by atoms with van der Waals surface area (Å²) < 4.78 is 37.4. The van der Waals surface area contributed by atoms with Gasteiger partial charge in [0.1, 0.15) is 0 Å². The number of urea groups is 1. The van der Waals surface area contributed by atoms with Crippen LogP contribution in [0.1, 0.15) is 25.7 Å². The van der Waals surface area contributed by atoms with E-state index in [1.807, 2.05) is 0 Å². The van der Waals surface area contributed by atoms with Crippen molar-refractivity contribution in [2.75, 3.05) is 19.6 Å². The van der Waals surface area contributed by atoms with Gasteiger partial charge < -0.3 is 16.0 Å². The summed E-state index contributed by atoms with van der Waals surface area (Å²) in [5.74, 6) is 0.1000. The van der Waals surface area contributed by atoms with E-state index in [9.17, 15) is 18.0 Å². The Morgan fingerprint density at radius 3 is 2.47 bits per heavy atom. The SMILES string of the molecule is NC(=O)N1CC(CC(F)(F)F)CC(NCC2CC2)C1. The predicted molar refractivity (Wildman–Crippen MR) is 64.5 cm³/mol. The number of piperidine rings is 1. The number of amides is 2. The van der Waals surface area contributed by atoms with E-state index in [1.165, 1.54) is 17.7 Å². The van der Waals surface area contributed by atoms with Gasteiger partial charge in [0.25, 0.3) is 0 Å². The standard InChI is InChI=1S/C12H20F3N3O/c13-12(14,15)4-9-3-10(17-5-8-1-2-8)7-18(6-9)11(16)19/h8-10,17H,1-7H2,(H2,16,19). The van der Waals surface area contributed by atoms with Crippen molar-refractivity contribution in [3.63, 3.8) is 0 Å². The first-order valence-corrected chi connectivity index (χ1v) is 6.68. The minimum absolute atomic E-state index is 0.0748. The van der Waals surface area contributed by atoms with Crippen LogP contribution in [0.15, 0.2) is 0 Å². The molecule has 2 unspecified atom stereocenters. The average molecular weight is 279 g/mol. The van der Waals surface area contributed by atoms with Crippen LogP contribution in [-0.2, 0) is 0 Å². The topological polar surface area (TPSA) is 58.4 Å². The summed E-state index contributed by atoms with van der Waals surface area (Å²) in [6.07, 6.45) is -2.21. The third-order valence-electron chi connectivity index (χ3n) is 3.76. The van der Waals surface area contributed by atoms with E-state index in [1.54, 1.807) is 0 Å². The molecule has 1 aliphatic heterocycles. The van der Waals surface area contributed by atoms with Gasteiger partial charge in [0.2, 0.25) is 0 Å². The molecule has 7 heteroatoms. The largest absolute Gasteiger partial charge is 0.389 e. The summed E-state index contributed by atoms with van der Waals surface area (Å²) in [5.41, 5.74) is 5.20. The van der Waals surface area contributed by atoms with Crippen molar-refractivity contribution in [1.29, 1.82) is 0 Å². The second kappa shape index (κ2) is 5.56. The fraction of sp³-hybridized carbons (Fsp3) is 0.917. The Morgan fingerprint density at radius 1 is 1.26 bits per heavy atom. The van der Waals surface area contributed by atoms with E-state index in [0.29, 0.717) is 18.9 Å². The van der Waals surface area contributed by atoms with Crippen molar-refractivity contribution in [2.24, 2.45) is 17.6 Å². The van der Waals surface area contributed by atoms with Gasteiger partial charge in [-0.15, -0.1) is 0 Å². The quantitative estimate of drug-likeness (QED) is 0.823. The molecule has 2 fully saturated rings. The molecule has 3 N–H and O–H groups in total. The van der Waals surface area contributed by atoms with Gasteiger partial charge in [-0.2, -0.15) is 13.2 Å². The van der Waals surface area contributed by atoms with Crippen LogP contribution >= 0.6 is 0 Å². The molecule has 1 heterocycles. The van der Waals surface area contributed by atoms with Crippen LogP contribution in [-0.4, -0.2) is 42.8 Å². The monoisotopic (exact) mass is 279 g/mol. The molecule has 4 nitrogen and oxygen atoms in total. The number of carbonyl (C=O) groups is 1. The molecule has 2 aliphatic rings. The maximum Gasteiger partial charge on any atom is 0.389 e. The Morgan fingerprint density at radius 2 is 1.95 bits per heavy atom. The second-order valence-electron chi connectivity index (χ2n) is 5.71. The normalized spacial score (nSPS) is 28.5. The van der Waals surface area contributed by atoms with E-state index < -0.39 is 24.5 Å². The Kier molecular flexibility index (Phi) is 4.23. The van der Waals surface area contributed by atoms with Gasteiger partial charge in [-0.1, -0.05) is 0 Å². The number of nitrogens with zero attached hydrogens (tertiary/aromatic N) is 1. The highest BCUT2D eigenvalue weighted by Gasteiger charge is 2.37. The lowest BCUT2D eigenvalue weighted by atomic mass is 9.91. The number of alkyl halides is 3. The summed E-state index contributed by atoms with van der Waals surface area (Å²) in [6, 6.07) is -0.709. The minimum atomic E-state index is -4.19. The smallest absolute Gasteiger partial charge is 0.351 e. The highest BCUT2D eigenvalue weighted by Crippen LogP contribution is 2.31. The Labute approximate surface area is 110 Å². The summed E-state index contributed by atoms with van der Waals surface area (Å²) >= 11 is 0. The van der Waals surface area contributed by atoms with E-state index in [-0.39, 0.29) is 12.6 Å². The van der Waals surface area contributed by atoms with E-state index >= 15 is 0 Å². The summed E-state index contributed by atoms with van der Waals surface area (Å²) in [6.45, 7) is 1.35. The first kappa shape index (κ1) is 14.4. The van der Waals surface area contributed by atoms with Crippen LogP contribution in [0.5, 0.6) is 0 Å². The summed E-state index contributed by atoms with van der Waals surface area (Å²) in [5, 5.41) is 3.27. The first-order valence-electron chi connectivity index (χ1n) is 6.68. The van der Waals surface area contributed by atoms with Gasteiger partial charge in [-0.3, -0.25) is 0 Å². The maximum atomic E-state index is 12.5. The number of hydrogen-bond donors (Lipinski definition) is 2. The highest BCUT2D eigenvalue weighted by atomic mass is 19.4. The fourth-order valence-corrected chi connectivity index (χ4v) is 2.66. The number of nitrogens with one attached hydrogen (secondary N) is 1. The Balaban J connectivity index is 1.89. The molecular weight excluding hydrogens is 259 g/mol. The predicted octanol–water partition coefficient (Wildman–Crippen LogP) is 1.71. The molecule has 0 aromatic heterocycles. The molecule has 0 aromatic carbocycles. The zero-order valence-electron chi connectivity index (χ0n) is 10.7. The molecule has 2 amide bonds. The van der Waals surface area contributed by atoms with Crippen LogP contribution in [0.4, 0.5) is 18.0 Å². The van der Waals surface area contributed by atoms with Crippen LogP contribution in [0, 0.1) is 11.8 Å². The number of rotatable bonds is 4. The molecule has 0 aromatic rings. The second-order valence-corrected chi connectivity index (χ2v) is 5.71. The lowest BCUT2D eigenvalue weighted by molar-refractivity contribution is -0.148. The lowest BCUT2D eigenvalue weighted by Gasteiger charge is -2.37. The van der Waals surface area contributed by atoms with Gasteiger partial charge >= 0.3 is 12.2 Å². The van der Waals surface area contributed by atoms with Crippen molar-refractivity contribution < 1.29 is 18.0 Å². The maximum absolute atomic E-state index is 12.5. The van der Waals surface area contributed by atoms with Gasteiger partial charge in [0.15, 0.2) is 0 Å². The summed E-state index contributed by atoms with van der Waals surface area (Å²) in [4.78, 5) is 12.5. The van der Waals surface area contributed by atoms with Crippen LogP contribution < -0.4 is 11.1 Å². The van der Waals surface area contributed by atoms with Crippen molar-refractivity contribution in [3.8, 4) is 0 Å². The first-order chi connectivity index (χ1) is 8.83. The zero-order chi connectivity index (χ0) is 14.0. The van der Waals surface area contributed by atoms with Gasteiger partial charge in [0.05, 0.1) is 0 Å². The van der Waals surface area contributed by atoms with Crippen LogP contribution in [0.3, 0.4) is 0 Å². The van der Waals surface area contributed by atoms with E-state index in [0.717, 1.165) is 6.54 Å². The summed E-state index contributed by atoms with van der Waals surface area (Å²) in [7, 11) is 0. The van der Waals surface area contributed by atoms with E-state index in [4.69, 9.17) is 5.73 Å². The molecule has 19 heavy (non-hydrogen) atoms. The van der Waals surface area contributed by atoms with Crippen molar-refractivity contribution in [2.45, 2.75) is 37.9 Å². The molecule has 2 rings (SSSR count). The molecule has 2 atom stereocenters. The van der Waals surface area contributed by atoms with Crippen LogP contribution in [0.2, 0.25) is 0 Å². The van der Waals surface area contributed by atoms with Crippen molar-refractivity contribution in [1.82, 2.24) is 10.2 Å². The van der Waals surface area contributed by atoms with E-state index in [2.05, 4.69) is 5.32 Å². The van der Waals surface area contributed by atoms with Crippen molar-refractivity contribution in [3.05, 3.63) is 0 Å². The Hall–Kier alpha value is -0.980. The molecule has 0 spiro atoms. The number of carbonyl (C=O) groups excluding carboxylic acids is 1. The third-order valence-corrected chi connectivity index (χ3v) is 3.76. The van der Waals surface area contributed by atoms with Crippen LogP contribution in [0.25, 0.3) is 0 Å². The molecule has 1 saturated heterocycles. The molecule has 1 aliphatic carbocycles. The molecular formula is C12H20F3N3O. The Bertz CT molecular complexity index is 331. The lowest BCUT2D eigenvalue weighted by Crippen LogP contribution is -2.53. The number of halogens is 3. The number of hydrogen-bond acceptors (Lipinski definition) is 2. The molecule has 0 bridgehead atoms. The number of primary amides is 1. The fourth-order valence-electron chi connectivity index (χ4n) is 2.66. The van der Waals surface area contributed by atoms with Crippen molar-refractivity contribution >= 4 is 6.03 Å². The highest BCUT2D eigenvalue weighted by molar-refractivity contribution is 5.72. The van der Waals surface area contributed by atoms with Gasteiger partial charge in [-0.05, 0) is 37.6 Å². The third kappa shape index (κ3) is 4.89. The number of likely N-dealkylation sites (tertiary alicyclic amines) is 1. The molecule has 110 valence electrons. The average Bonchev–Trinajstić information content (AvgIpc) is 3.07. The minimum Gasteiger partial charge on any atom is -0.351 e. The molecule has 0 radical (unpaired) electrons. The van der Waals surface area contributed by atoms with Gasteiger partial charge in [0, 0.05) is 25.6 Å². The zero-order valence-corrected chi connectivity index (χ0v) is 10.7.